The van der Waals surface area contributed by atoms with E-state index in [4.69, 9.17) is 4.74 Å². The van der Waals surface area contributed by atoms with E-state index in [1.165, 1.54) is 16.7 Å². The average Bonchev–Trinajstić information content (AvgIpc) is 3.03. The van der Waals surface area contributed by atoms with Crippen LogP contribution < -0.4 is 4.90 Å². The Morgan fingerprint density at radius 2 is 1.31 bits per heavy atom. The van der Waals surface area contributed by atoms with Gasteiger partial charge in [0.05, 0.1) is 0 Å². The second-order valence-corrected chi connectivity index (χ2v) is 13.7. The molecule has 45 heavy (non-hydrogen) atoms. The fourth-order valence-electron chi connectivity index (χ4n) is 7.02. The number of aryl methyl sites for hydroxylation is 1. The Morgan fingerprint density at radius 1 is 0.756 bits per heavy atom. The van der Waals surface area contributed by atoms with E-state index in [2.05, 4.69) is 118 Å². The predicted octanol–water partition coefficient (Wildman–Crippen LogP) is 9.33. The monoisotopic (exact) mass is 601 g/mol. The minimum Gasteiger partial charge on any atom is -0.458 e. The Bertz CT molecular complexity index is 1480. The van der Waals surface area contributed by atoms with Gasteiger partial charge < -0.3 is 9.64 Å². The summed E-state index contributed by atoms with van der Waals surface area (Å²) in [5, 5.41) is 0. The summed E-state index contributed by atoms with van der Waals surface area (Å²) < 4.78 is 6.38. The molecule has 5 rings (SSSR count). The maximum Gasteiger partial charge on any atom is 0.317 e. The van der Waals surface area contributed by atoms with Crippen LogP contribution in [0.2, 0.25) is 0 Å². The van der Waals surface area contributed by atoms with Crippen LogP contribution >= 0.6 is 0 Å². The van der Waals surface area contributed by atoms with E-state index in [0.29, 0.717) is 12.8 Å². The van der Waals surface area contributed by atoms with E-state index in [1.54, 1.807) is 0 Å². The van der Waals surface area contributed by atoms with Crippen molar-refractivity contribution in [1.82, 2.24) is 0 Å². The molecule has 4 heteroatoms. The quantitative estimate of drug-likeness (QED) is 0.120. The Kier molecular flexibility index (Phi) is 10.2. The van der Waals surface area contributed by atoms with Gasteiger partial charge in [-0.3, -0.25) is 9.59 Å². The number of cyclic esters (lactones) is 1. The number of ether oxygens (including phenoxy) is 1. The highest BCUT2D eigenvalue weighted by molar-refractivity contribution is 6.02. The first-order chi connectivity index (χ1) is 21.7. The van der Waals surface area contributed by atoms with E-state index in [0.717, 1.165) is 37.2 Å². The third kappa shape index (κ3) is 8.11. The van der Waals surface area contributed by atoms with E-state index in [1.807, 2.05) is 30.3 Å². The van der Waals surface area contributed by atoms with Crippen molar-refractivity contribution in [3.8, 4) is 0 Å². The fourth-order valence-corrected chi connectivity index (χ4v) is 7.02. The summed E-state index contributed by atoms with van der Waals surface area (Å²) in [5.74, 6) is -1.52. The van der Waals surface area contributed by atoms with Crippen LogP contribution in [-0.4, -0.2) is 17.4 Å². The summed E-state index contributed by atoms with van der Waals surface area (Å²) in [6, 6.07) is 39.7. The van der Waals surface area contributed by atoms with Crippen molar-refractivity contribution >= 4 is 17.4 Å². The number of anilines is 1. The molecule has 4 nitrogen and oxygen atoms in total. The molecule has 1 saturated heterocycles. The maximum absolute atomic E-state index is 14.2. The van der Waals surface area contributed by atoms with Crippen molar-refractivity contribution in [3.63, 3.8) is 0 Å². The molecule has 0 saturated carbocycles. The van der Waals surface area contributed by atoms with Crippen LogP contribution in [-0.2, 0) is 33.8 Å². The van der Waals surface area contributed by atoms with Crippen molar-refractivity contribution in [3.05, 3.63) is 138 Å². The molecule has 0 radical (unpaired) electrons. The van der Waals surface area contributed by atoms with Gasteiger partial charge in [0.1, 0.15) is 11.5 Å². The van der Waals surface area contributed by atoms with Gasteiger partial charge in [-0.2, -0.15) is 0 Å². The van der Waals surface area contributed by atoms with Gasteiger partial charge in [-0.1, -0.05) is 137 Å². The van der Waals surface area contributed by atoms with E-state index < -0.39 is 11.5 Å². The van der Waals surface area contributed by atoms with E-state index in [9.17, 15) is 9.59 Å². The SMILES string of the molecule is CCC[C@@]1(CCc2ccccc2)CC(=O)C(C(c2cccc(N(Cc3ccccc3)Cc3ccccc3)c2)C(C)(C)C)C(=O)O1. The van der Waals surface area contributed by atoms with Crippen molar-refractivity contribution in [2.24, 2.45) is 11.3 Å². The summed E-state index contributed by atoms with van der Waals surface area (Å²) >= 11 is 0. The number of ketones is 1. The molecule has 0 aliphatic carbocycles. The molecular weight excluding hydrogens is 554 g/mol. The Hall–Kier alpha value is -4.18. The lowest BCUT2D eigenvalue weighted by atomic mass is 9.65. The second kappa shape index (κ2) is 14.3. The lowest BCUT2D eigenvalue weighted by Gasteiger charge is -2.44. The third-order valence-electron chi connectivity index (χ3n) is 9.13. The van der Waals surface area contributed by atoms with Crippen LogP contribution in [0.3, 0.4) is 0 Å². The molecule has 0 aromatic heterocycles. The van der Waals surface area contributed by atoms with E-state index >= 15 is 0 Å². The first-order valence-corrected chi connectivity index (χ1v) is 16.4. The topological polar surface area (TPSA) is 46.6 Å². The van der Waals surface area contributed by atoms with Gasteiger partial charge in [-0.15, -0.1) is 0 Å². The number of Topliss-reactive ketones (excluding diaryl/α,β-unsaturated/α-hetero) is 1. The van der Waals surface area contributed by atoms with Crippen LogP contribution in [0.5, 0.6) is 0 Å². The molecule has 0 spiro atoms. The zero-order valence-corrected chi connectivity index (χ0v) is 27.2. The van der Waals surface area contributed by atoms with Crippen LogP contribution in [0.4, 0.5) is 5.69 Å². The summed E-state index contributed by atoms with van der Waals surface area (Å²) in [7, 11) is 0. The van der Waals surface area contributed by atoms with Crippen molar-refractivity contribution in [2.75, 3.05) is 4.90 Å². The largest absolute Gasteiger partial charge is 0.458 e. The molecule has 4 aromatic carbocycles. The molecule has 3 atom stereocenters. The maximum atomic E-state index is 14.2. The number of carbonyl (C=O) groups excluding carboxylic acids is 2. The van der Waals surface area contributed by atoms with E-state index in [-0.39, 0.29) is 29.5 Å². The minimum absolute atomic E-state index is 0.00326. The third-order valence-corrected chi connectivity index (χ3v) is 9.13. The van der Waals surface area contributed by atoms with Gasteiger partial charge in [0.15, 0.2) is 5.78 Å². The predicted molar refractivity (Wildman–Crippen MR) is 183 cm³/mol. The van der Waals surface area contributed by atoms with Crippen molar-refractivity contribution in [2.45, 2.75) is 84.4 Å². The van der Waals surface area contributed by atoms with Crippen molar-refractivity contribution < 1.29 is 14.3 Å². The first-order valence-electron chi connectivity index (χ1n) is 16.4. The van der Waals surface area contributed by atoms with Crippen molar-refractivity contribution in [1.29, 1.82) is 0 Å². The number of nitrogens with zero attached hydrogens (tertiary/aromatic N) is 1. The average molecular weight is 602 g/mol. The molecule has 234 valence electrons. The molecule has 1 fully saturated rings. The molecule has 0 bridgehead atoms. The van der Waals surface area contributed by atoms with Crippen LogP contribution in [0.15, 0.2) is 115 Å². The normalized spacial score (nSPS) is 19.2. The van der Waals surface area contributed by atoms with Gasteiger partial charge in [0.25, 0.3) is 0 Å². The Balaban J connectivity index is 1.44. The fraction of sp³-hybridized carbons (Fsp3) is 0.366. The van der Waals surface area contributed by atoms with Gasteiger partial charge >= 0.3 is 5.97 Å². The number of esters is 1. The highest BCUT2D eigenvalue weighted by Gasteiger charge is 2.51. The molecule has 1 aliphatic rings. The van der Waals surface area contributed by atoms with Crippen LogP contribution in [0.1, 0.15) is 81.5 Å². The molecule has 2 unspecified atom stereocenters. The number of hydrogen-bond acceptors (Lipinski definition) is 4. The second-order valence-electron chi connectivity index (χ2n) is 13.7. The molecule has 0 N–H and O–H groups in total. The Labute approximate surface area is 269 Å². The standard InChI is InChI=1S/C41H47NO3/c1-5-25-41(26-24-31-16-9-6-10-17-31)28-36(43)37(39(44)45-41)38(40(2,3)4)34-22-15-23-35(27-34)42(29-32-18-11-7-12-19-32)30-33-20-13-8-14-21-33/h6-23,27,37-38H,5,24-26,28-30H2,1-4H3/t37?,38?,41-/m1/s1. The number of benzene rings is 4. The lowest BCUT2D eigenvalue weighted by molar-refractivity contribution is -0.182. The summed E-state index contributed by atoms with van der Waals surface area (Å²) in [6.45, 7) is 9.95. The zero-order chi connectivity index (χ0) is 31.9. The highest BCUT2D eigenvalue weighted by Crippen LogP contribution is 2.47. The highest BCUT2D eigenvalue weighted by atomic mass is 16.6. The van der Waals surface area contributed by atoms with Crippen LogP contribution in [0.25, 0.3) is 0 Å². The minimum atomic E-state index is -0.835. The number of carbonyl (C=O) groups is 2. The molecule has 1 heterocycles. The molecule has 0 amide bonds. The summed E-state index contributed by atoms with van der Waals surface area (Å²) in [5.41, 5.74) is 4.60. The summed E-state index contributed by atoms with van der Waals surface area (Å²) in [4.78, 5) is 30.5. The molecule has 4 aromatic rings. The van der Waals surface area contributed by atoms with Crippen LogP contribution in [0, 0.1) is 11.3 Å². The molecule has 1 aliphatic heterocycles. The summed E-state index contributed by atoms with van der Waals surface area (Å²) in [6.07, 6.45) is 3.23. The lowest BCUT2D eigenvalue weighted by Crippen LogP contribution is -2.51. The smallest absolute Gasteiger partial charge is 0.317 e. The van der Waals surface area contributed by atoms with Gasteiger partial charge in [-0.25, -0.2) is 0 Å². The zero-order valence-electron chi connectivity index (χ0n) is 27.2. The Morgan fingerprint density at radius 3 is 1.82 bits per heavy atom. The first kappa shape index (κ1) is 32.2. The number of rotatable bonds is 12. The van der Waals surface area contributed by atoms with Gasteiger partial charge in [0.2, 0.25) is 0 Å². The van der Waals surface area contributed by atoms with Gasteiger partial charge in [-0.05, 0) is 59.1 Å². The number of hydrogen-bond donors (Lipinski definition) is 0. The van der Waals surface area contributed by atoms with Gasteiger partial charge in [0, 0.05) is 31.1 Å². The molecular formula is C41H47NO3.